The molecule has 3 heterocycles. The SMILES string of the molecule is COCCN1CCN(c2n[nH]c(-c3ccc(Cl)cc3)c2-c2ccncn2)CC1. The number of nitrogens with one attached hydrogen (secondary N) is 1. The molecule has 4 rings (SSSR count). The Hall–Kier alpha value is -2.48. The van der Waals surface area contributed by atoms with Crippen LogP contribution in [-0.4, -0.2) is 71.5 Å². The van der Waals surface area contributed by atoms with Crippen molar-refractivity contribution in [3.63, 3.8) is 0 Å². The largest absolute Gasteiger partial charge is 0.383 e. The van der Waals surface area contributed by atoms with Crippen LogP contribution in [0.5, 0.6) is 0 Å². The van der Waals surface area contributed by atoms with Crippen molar-refractivity contribution in [3.05, 3.63) is 47.9 Å². The van der Waals surface area contributed by atoms with Gasteiger partial charge < -0.3 is 9.64 Å². The van der Waals surface area contributed by atoms with E-state index >= 15 is 0 Å². The summed E-state index contributed by atoms with van der Waals surface area (Å²) in [5.74, 6) is 0.926. The number of methoxy groups -OCH3 is 1. The van der Waals surface area contributed by atoms with Gasteiger partial charge in [0.15, 0.2) is 5.82 Å². The van der Waals surface area contributed by atoms with Crippen molar-refractivity contribution in [2.45, 2.75) is 0 Å². The lowest BCUT2D eigenvalue weighted by Gasteiger charge is -2.35. The van der Waals surface area contributed by atoms with E-state index in [4.69, 9.17) is 16.3 Å². The molecule has 2 aromatic heterocycles. The zero-order valence-electron chi connectivity index (χ0n) is 15.8. The Balaban J connectivity index is 1.66. The van der Waals surface area contributed by atoms with Crippen molar-refractivity contribution in [1.82, 2.24) is 25.1 Å². The third kappa shape index (κ3) is 4.01. The van der Waals surface area contributed by atoms with E-state index in [1.165, 1.54) is 0 Å². The number of halogens is 1. The van der Waals surface area contributed by atoms with E-state index in [1.807, 2.05) is 30.3 Å². The van der Waals surface area contributed by atoms with Crippen molar-refractivity contribution in [1.29, 1.82) is 0 Å². The Kier molecular flexibility index (Phi) is 5.85. The third-order valence-electron chi connectivity index (χ3n) is 5.00. The van der Waals surface area contributed by atoms with Crippen molar-refractivity contribution >= 4 is 17.4 Å². The summed E-state index contributed by atoms with van der Waals surface area (Å²) < 4.78 is 5.20. The number of piperazine rings is 1. The molecule has 0 radical (unpaired) electrons. The van der Waals surface area contributed by atoms with E-state index in [9.17, 15) is 0 Å². The minimum absolute atomic E-state index is 0.708. The summed E-state index contributed by atoms with van der Waals surface area (Å²) in [5.41, 5.74) is 3.81. The normalized spacial score (nSPS) is 15.1. The number of hydrogen-bond donors (Lipinski definition) is 1. The Morgan fingerprint density at radius 3 is 2.57 bits per heavy atom. The van der Waals surface area contributed by atoms with Gasteiger partial charge in [-0.1, -0.05) is 23.7 Å². The second-order valence-corrected chi connectivity index (χ2v) is 7.16. The molecule has 1 aliphatic rings. The molecular weight excluding hydrogens is 376 g/mol. The van der Waals surface area contributed by atoms with Gasteiger partial charge in [0.1, 0.15) is 6.33 Å². The molecule has 1 saturated heterocycles. The van der Waals surface area contributed by atoms with Crippen molar-refractivity contribution in [3.8, 4) is 22.5 Å². The van der Waals surface area contributed by atoms with Crippen LogP contribution < -0.4 is 4.90 Å². The van der Waals surface area contributed by atoms with Gasteiger partial charge in [-0.25, -0.2) is 9.97 Å². The average Bonchev–Trinajstić information content (AvgIpc) is 3.19. The van der Waals surface area contributed by atoms with Gasteiger partial charge in [-0.2, -0.15) is 5.10 Å². The molecule has 1 N–H and O–H groups in total. The lowest BCUT2D eigenvalue weighted by molar-refractivity contribution is 0.144. The summed E-state index contributed by atoms with van der Waals surface area (Å²) >= 11 is 6.06. The van der Waals surface area contributed by atoms with E-state index in [1.54, 1.807) is 19.6 Å². The first kappa shape index (κ1) is 18.9. The maximum Gasteiger partial charge on any atom is 0.160 e. The number of anilines is 1. The van der Waals surface area contributed by atoms with Crippen LogP contribution >= 0.6 is 11.6 Å². The second kappa shape index (κ2) is 8.68. The number of rotatable bonds is 6. The number of aromatic nitrogens is 4. The fourth-order valence-electron chi connectivity index (χ4n) is 3.47. The number of nitrogens with zero attached hydrogens (tertiary/aromatic N) is 5. The van der Waals surface area contributed by atoms with Crippen LogP contribution in [0.3, 0.4) is 0 Å². The molecule has 8 heteroatoms. The molecule has 146 valence electrons. The molecule has 7 nitrogen and oxygen atoms in total. The van der Waals surface area contributed by atoms with Crippen LogP contribution in [0.4, 0.5) is 5.82 Å². The lowest BCUT2D eigenvalue weighted by Crippen LogP contribution is -2.47. The molecule has 1 fully saturated rings. The standard InChI is InChI=1S/C20H23ClN6O/c1-28-13-12-26-8-10-27(11-9-26)20-18(17-6-7-22-14-23-17)19(24-25-20)15-2-4-16(21)5-3-15/h2-7,14H,8-13H2,1H3,(H,24,25). The molecule has 0 atom stereocenters. The number of ether oxygens (including phenoxy) is 1. The maximum atomic E-state index is 6.06. The minimum atomic E-state index is 0.708. The van der Waals surface area contributed by atoms with Crippen LogP contribution in [0.1, 0.15) is 0 Å². The first-order chi connectivity index (χ1) is 13.8. The molecule has 0 unspecified atom stereocenters. The summed E-state index contributed by atoms with van der Waals surface area (Å²) in [4.78, 5) is 13.3. The molecule has 0 amide bonds. The summed E-state index contributed by atoms with van der Waals surface area (Å²) in [7, 11) is 1.74. The highest BCUT2D eigenvalue weighted by molar-refractivity contribution is 6.30. The quantitative estimate of drug-likeness (QED) is 0.688. The van der Waals surface area contributed by atoms with Crippen LogP contribution in [0.25, 0.3) is 22.5 Å². The summed E-state index contributed by atoms with van der Waals surface area (Å²) in [6.45, 7) is 5.50. The Bertz CT molecular complexity index is 891. The molecule has 1 aromatic carbocycles. The van der Waals surface area contributed by atoms with E-state index in [0.29, 0.717) is 5.02 Å². The van der Waals surface area contributed by atoms with Gasteiger partial charge >= 0.3 is 0 Å². The highest BCUT2D eigenvalue weighted by Crippen LogP contribution is 2.37. The van der Waals surface area contributed by atoms with E-state index in [-0.39, 0.29) is 0 Å². The van der Waals surface area contributed by atoms with E-state index in [0.717, 1.165) is 67.7 Å². The second-order valence-electron chi connectivity index (χ2n) is 6.72. The first-order valence-corrected chi connectivity index (χ1v) is 9.71. The van der Waals surface area contributed by atoms with Gasteiger partial charge in [-0.15, -0.1) is 0 Å². The van der Waals surface area contributed by atoms with E-state index < -0.39 is 0 Å². The molecule has 0 bridgehead atoms. The van der Waals surface area contributed by atoms with Crippen LogP contribution in [0.15, 0.2) is 42.9 Å². The highest BCUT2D eigenvalue weighted by atomic mass is 35.5. The van der Waals surface area contributed by atoms with E-state index in [2.05, 4.69) is 30.0 Å². The zero-order valence-corrected chi connectivity index (χ0v) is 16.6. The third-order valence-corrected chi connectivity index (χ3v) is 5.25. The Morgan fingerprint density at radius 1 is 1.11 bits per heavy atom. The van der Waals surface area contributed by atoms with Gasteiger partial charge in [0.2, 0.25) is 0 Å². The predicted octanol–water partition coefficient (Wildman–Crippen LogP) is 2.96. The topological polar surface area (TPSA) is 70.2 Å². The summed E-state index contributed by atoms with van der Waals surface area (Å²) in [5, 5.41) is 8.60. The Labute approximate surface area is 169 Å². The predicted molar refractivity (Wildman–Crippen MR) is 111 cm³/mol. The molecule has 28 heavy (non-hydrogen) atoms. The number of aromatic amines is 1. The van der Waals surface area contributed by atoms with Crippen molar-refractivity contribution in [2.75, 3.05) is 51.3 Å². The molecule has 0 aliphatic carbocycles. The molecule has 0 saturated carbocycles. The molecule has 0 spiro atoms. The monoisotopic (exact) mass is 398 g/mol. The van der Waals surface area contributed by atoms with Gasteiger partial charge in [0.25, 0.3) is 0 Å². The first-order valence-electron chi connectivity index (χ1n) is 9.33. The van der Waals surface area contributed by atoms with Gasteiger partial charge in [0, 0.05) is 56.6 Å². The van der Waals surface area contributed by atoms with Crippen molar-refractivity contribution < 1.29 is 4.74 Å². The average molecular weight is 399 g/mol. The van der Waals surface area contributed by atoms with Gasteiger partial charge in [0.05, 0.1) is 23.6 Å². The molecule has 3 aromatic rings. The highest BCUT2D eigenvalue weighted by Gasteiger charge is 2.25. The minimum Gasteiger partial charge on any atom is -0.383 e. The maximum absolute atomic E-state index is 6.06. The number of H-pyrrole nitrogens is 1. The van der Waals surface area contributed by atoms with Gasteiger partial charge in [-0.3, -0.25) is 10.00 Å². The fraction of sp³-hybridized carbons (Fsp3) is 0.350. The summed E-state index contributed by atoms with van der Waals surface area (Å²) in [6.07, 6.45) is 3.33. The molecular formula is C20H23ClN6O. The number of benzene rings is 1. The lowest BCUT2D eigenvalue weighted by atomic mass is 10.0. The van der Waals surface area contributed by atoms with Crippen LogP contribution in [-0.2, 0) is 4.74 Å². The van der Waals surface area contributed by atoms with Crippen LogP contribution in [0.2, 0.25) is 5.02 Å². The Morgan fingerprint density at radius 2 is 1.89 bits per heavy atom. The number of hydrogen-bond acceptors (Lipinski definition) is 6. The summed E-state index contributed by atoms with van der Waals surface area (Å²) in [6, 6.07) is 9.67. The van der Waals surface area contributed by atoms with Crippen LogP contribution in [0, 0.1) is 0 Å². The van der Waals surface area contributed by atoms with Gasteiger partial charge in [-0.05, 0) is 18.2 Å². The zero-order chi connectivity index (χ0) is 19.3. The van der Waals surface area contributed by atoms with Crippen molar-refractivity contribution in [2.24, 2.45) is 0 Å². The molecule has 1 aliphatic heterocycles. The smallest absolute Gasteiger partial charge is 0.160 e. The fourth-order valence-corrected chi connectivity index (χ4v) is 3.60.